The molecule has 3 nitrogen and oxygen atoms in total. The summed E-state index contributed by atoms with van der Waals surface area (Å²) < 4.78 is 0. The third kappa shape index (κ3) is 1.73. The van der Waals surface area contributed by atoms with Crippen molar-refractivity contribution in [2.75, 3.05) is 6.54 Å². The van der Waals surface area contributed by atoms with Crippen LogP contribution in [0, 0.1) is 16.0 Å². The van der Waals surface area contributed by atoms with Crippen LogP contribution >= 0.6 is 0 Å². The van der Waals surface area contributed by atoms with Gasteiger partial charge in [-0.05, 0) is 0 Å². The number of hydrogen-bond donors (Lipinski definition) is 0. The van der Waals surface area contributed by atoms with E-state index in [9.17, 15) is 10.1 Å². The van der Waals surface area contributed by atoms with E-state index in [0.29, 0.717) is 12.3 Å². The van der Waals surface area contributed by atoms with Crippen LogP contribution in [0.5, 0.6) is 0 Å². The van der Waals surface area contributed by atoms with Crippen molar-refractivity contribution >= 4 is 0 Å². The Morgan fingerprint density at radius 1 is 1.62 bits per heavy atom. The van der Waals surface area contributed by atoms with E-state index in [4.69, 9.17) is 0 Å². The highest BCUT2D eigenvalue weighted by Crippen LogP contribution is 2.19. The van der Waals surface area contributed by atoms with Crippen molar-refractivity contribution in [1.29, 1.82) is 0 Å². The summed E-state index contributed by atoms with van der Waals surface area (Å²) in [4.78, 5) is 9.43. The summed E-state index contributed by atoms with van der Waals surface area (Å²) in [6, 6.07) is 0. The Labute approximate surface area is 47.2 Å². The molecule has 0 fully saturated rings. The summed E-state index contributed by atoms with van der Waals surface area (Å²) in [5.74, 6) is 0.445. The molecular formula is C5H7NO2. The predicted molar refractivity (Wildman–Crippen MR) is 29.1 cm³/mol. The number of rotatable bonds is 3. The standard InChI is InChI=1S/C5H7NO2/c7-6(8)4-3-5-1-2-5/h1-2,5H,3-4H2. The van der Waals surface area contributed by atoms with Crippen LogP contribution in [0.4, 0.5) is 0 Å². The molecule has 1 aliphatic rings. The van der Waals surface area contributed by atoms with E-state index in [-0.39, 0.29) is 11.5 Å². The van der Waals surface area contributed by atoms with Gasteiger partial charge in [0, 0.05) is 17.3 Å². The molecule has 0 aromatic rings. The number of nitrogens with zero attached hydrogens (tertiary/aromatic N) is 1. The maximum absolute atomic E-state index is 9.71. The summed E-state index contributed by atoms with van der Waals surface area (Å²) >= 11 is 0. The zero-order chi connectivity index (χ0) is 5.98. The number of nitro groups is 1. The zero-order valence-corrected chi connectivity index (χ0v) is 4.41. The maximum atomic E-state index is 9.71. The third-order valence-electron chi connectivity index (χ3n) is 1.11. The molecule has 0 aromatic carbocycles. The molecule has 3 heteroatoms. The SMILES string of the molecule is O=[N+]([O-])CCC1C=C1. The summed E-state index contributed by atoms with van der Waals surface area (Å²) in [5, 5.41) is 9.71. The van der Waals surface area contributed by atoms with Crippen LogP contribution in [0.2, 0.25) is 0 Å². The van der Waals surface area contributed by atoms with Crippen LogP contribution in [0.1, 0.15) is 6.42 Å². The molecule has 0 radical (unpaired) electrons. The summed E-state index contributed by atoms with van der Waals surface area (Å²) in [5.41, 5.74) is 0. The third-order valence-corrected chi connectivity index (χ3v) is 1.11. The lowest BCUT2D eigenvalue weighted by Gasteiger charge is -1.87. The van der Waals surface area contributed by atoms with Gasteiger partial charge in [-0.1, -0.05) is 12.2 Å². The van der Waals surface area contributed by atoms with Gasteiger partial charge in [0.25, 0.3) is 0 Å². The predicted octanol–water partition coefficient (Wildman–Crippen LogP) is 0.839. The normalized spacial score (nSPS) is 16.5. The van der Waals surface area contributed by atoms with E-state index in [1.165, 1.54) is 0 Å². The van der Waals surface area contributed by atoms with Gasteiger partial charge in [0.2, 0.25) is 6.54 Å². The monoisotopic (exact) mass is 113 g/mol. The maximum Gasteiger partial charge on any atom is 0.204 e. The van der Waals surface area contributed by atoms with Crippen molar-refractivity contribution in [2.24, 2.45) is 5.92 Å². The highest BCUT2D eigenvalue weighted by molar-refractivity contribution is 5.12. The Kier molecular flexibility index (Phi) is 1.28. The minimum absolute atomic E-state index is 0.109. The molecule has 0 atom stereocenters. The van der Waals surface area contributed by atoms with E-state index < -0.39 is 0 Å². The van der Waals surface area contributed by atoms with Gasteiger partial charge in [-0.25, -0.2) is 0 Å². The fourth-order valence-corrected chi connectivity index (χ4v) is 0.525. The van der Waals surface area contributed by atoms with E-state index in [1.54, 1.807) is 0 Å². The van der Waals surface area contributed by atoms with E-state index in [2.05, 4.69) is 0 Å². The topological polar surface area (TPSA) is 43.1 Å². The van der Waals surface area contributed by atoms with Crippen molar-refractivity contribution in [1.82, 2.24) is 0 Å². The first-order chi connectivity index (χ1) is 3.79. The molecule has 1 aliphatic carbocycles. The van der Waals surface area contributed by atoms with Crippen LogP contribution in [0.15, 0.2) is 12.2 Å². The lowest BCUT2D eigenvalue weighted by molar-refractivity contribution is -0.480. The molecule has 0 unspecified atom stereocenters. The first-order valence-corrected chi connectivity index (χ1v) is 2.59. The minimum Gasteiger partial charge on any atom is -0.265 e. The first-order valence-electron chi connectivity index (χ1n) is 2.59. The van der Waals surface area contributed by atoms with Gasteiger partial charge in [0.05, 0.1) is 0 Å². The van der Waals surface area contributed by atoms with Crippen molar-refractivity contribution in [3.8, 4) is 0 Å². The van der Waals surface area contributed by atoms with Crippen molar-refractivity contribution in [3.05, 3.63) is 22.3 Å². The fraction of sp³-hybridized carbons (Fsp3) is 0.600. The van der Waals surface area contributed by atoms with Gasteiger partial charge in [0.15, 0.2) is 0 Å². The number of hydrogen-bond acceptors (Lipinski definition) is 2. The van der Waals surface area contributed by atoms with Gasteiger partial charge in [-0.3, -0.25) is 10.1 Å². The molecule has 0 saturated carbocycles. The Hall–Kier alpha value is -0.860. The van der Waals surface area contributed by atoms with Crippen molar-refractivity contribution in [3.63, 3.8) is 0 Å². The van der Waals surface area contributed by atoms with Crippen molar-refractivity contribution < 1.29 is 4.92 Å². The molecule has 8 heavy (non-hydrogen) atoms. The molecule has 0 N–H and O–H groups in total. The second kappa shape index (κ2) is 1.94. The highest BCUT2D eigenvalue weighted by atomic mass is 16.6. The molecule has 0 saturated heterocycles. The average Bonchev–Trinajstić information content (AvgIpc) is 2.41. The molecule has 0 bridgehead atoms. The minimum atomic E-state index is -0.278. The summed E-state index contributed by atoms with van der Waals surface area (Å²) in [6.45, 7) is 0.109. The lowest BCUT2D eigenvalue weighted by Crippen LogP contribution is -2.00. The summed E-state index contributed by atoms with van der Waals surface area (Å²) in [6.07, 6.45) is 4.64. The molecule has 0 aromatic heterocycles. The van der Waals surface area contributed by atoms with Crippen LogP contribution in [-0.4, -0.2) is 11.5 Å². The van der Waals surface area contributed by atoms with Gasteiger partial charge in [0.1, 0.15) is 0 Å². The first kappa shape index (κ1) is 5.28. The second-order valence-electron chi connectivity index (χ2n) is 1.89. The smallest absolute Gasteiger partial charge is 0.204 e. The van der Waals surface area contributed by atoms with Gasteiger partial charge in [-0.15, -0.1) is 0 Å². The lowest BCUT2D eigenvalue weighted by atomic mass is 10.3. The van der Waals surface area contributed by atoms with E-state index in [1.807, 2.05) is 12.2 Å². The highest BCUT2D eigenvalue weighted by Gasteiger charge is 2.12. The molecule has 44 valence electrons. The van der Waals surface area contributed by atoms with Gasteiger partial charge >= 0.3 is 0 Å². The molecule has 1 rings (SSSR count). The zero-order valence-electron chi connectivity index (χ0n) is 4.41. The van der Waals surface area contributed by atoms with E-state index in [0.717, 1.165) is 0 Å². The Balaban J connectivity index is 1.96. The average molecular weight is 113 g/mol. The summed E-state index contributed by atoms with van der Waals surface area (Å²) in [7, 11) is 0. The van der Waals surface area contributed by atoms with Gasteiger partial charge < -0.3 is 0 Å². The molecule has 0 amide bonds. The molecule has 0 heterocycles. The van der Waals surface area contributed by atoms with Crippen LogP contribution in [0.25, 0.3) is 0 Å². The Morgan fingerprint density at radius 3 is 2.62 bits per heavy atom. The Morgan fingerprint density at radius 2 is 2.25 bits per heavy atom. The largest absolute Gasteiger partial charge is 0.265 e. The van der Waals surface area contributed by atoms with Crippen LogP contribution < -0.4 is 0 Å². The molecule has 0 spiro atoms. The quantitative estimate of drug-likeness (QED) is 0.309. The Bertz CT molecular complexity index is 124. The van der Waals surface area contributed by atoms with Gasteiger partial charge in [-0.2, -0.15) is 0 Å². The second-order valence-corrected chi connectivity index (χ2v) is 1.89. The van der Waals surface area contributed by atoms with Crippen molar-refractivity contribution in [2.45, 2.75) is 6.42 Å². The molecule has 0 aliphatic heterocycles. The fourth-order valence-electron chi connectivity index (χ4n) is 0.525. The van der Waals surface area contributed by atoms with Crippen LogP contribution in [-0.2, 0) is 0 Å². The molecular weight excluding hydrogens is 106 g/mol. The number of allylic oxidation sites excluding steroid dienone is 2. The van der Waals surface area contributed by atoms with Crippen LogP contribution in [0.3, 0.4) is 0 Å². The van der Waals surface area contributed by atoms with E-state index >= 15 is 0 Å².